The molecule has 3 aromatic rings. The van der Waals surface area contributed by atoms with Crippen LogP contribution in [0.3, 0.4) is 0 Å². The van der Waals surface area contributed by atoms with Crippen molar-refractivity contribution < 1.29 is 14.5 Å². The van der Waals surface area contributed by atoms with Crippen LogP contribution in [0.2, 0.25) is 0 Å². The number of hydrogen-bond acceptors (Lipinski definition) is 5. The zero-order valence-corrected chi connectivity index (χ0v) is 14.6. The van der Waals surface area contributed by atoms with Gasteiger partial charge in [-0.1, -0.05) is 17.7 Å². The molecule has 1 aromatic heterocycles. The highest BCUT2D eigenvalue weighted by atomic mass is 16.6. The average Bonchev–Trinajstić information content (AvgIpc) is 3.04. The number of carbonyl (C=O) groups excluding carboxylic acids is 1. The summed E-state index contributed by atoms with van der Waals surface area (Å²) in [7, 11) is 1.57. The highest BCUT2D eigenvalue weighted by molar-refractivity contribution is 6.05. The van der Waals surface area contributed by atoms with Crippen LogP contribution in [0.4, 0.5) is 5.69 Å². The van der Waals surface area contributed by atoms with Crippen LogP contribution in [0.5, 0.6) is 5.75 Å². The number of nitro groups is 1. The maximum atomic E-state index is 12.7. The minimum Gasteiger partial charge on any atom is -0.496 e. The normalized spacial score (nSPS) is 12.0. The third-order valence-corrected chi connectivity index (χ3v) is 4.17. The standard InChI is InChI=1S/C18H18N4O4/c1-10-4-7-16(26-3)13(8-10)11(2)19-18(23)17-14-9-12(22(24)25)5-6-15(14)20-21-17/h4-9,11H,1-3H3,(H,19,23)(H,20,21). The molecule has 8 nitrogen and oxygen atoms in total. The van der Waals surface area contributed by atoms with E-state index in [-0.39, 0.29) is 17.4 Å². The van der Waals surface area contributed by atoms with Crippen molar-refractivity contribution in [3.63, 3.8) is 0 Å². The van der Waals surface area contributed by atoms with Crippen LogP contribution in [0.1, 0.15) is 34.6 Å². The number of aromatic amines is 1. The number of aryl methyl sites for hydroxylation is 1. The molecule has 3 rings (SSSR count). The summed E-state index contributed by atoms with van der Waals surface area (Å²) < 4.78 is 5.36. The fraction of sp³-hybridized carbons (Fsp3) is 0.222. The van der Waals surface area contributed by atoms with Crippen LogP contribution in [-0.2, 0) is 0 Å². The minimum absolute atomic E-state index is 0.0960. The molecule has 134 valence electrons. The Morgan fingerprint density at radius 1 is 1.31 bits per heavy atom. The quantitative estimate of drug-likeness (QED) is 0.540. The first-order chi connectivity index (χ1) is 12.4. The van der Waals surface area contributed by atoms with Gasteiger partial charge < -0.3 is 10.1 Å². The number of non-ortho nitro benzene ring substituents is 1. The Balaban J connectivity index is 1.91. The van der Waals surface area contributed by atoms with Gasteiger partial charge >= 0.3 is 0 Å². The summed E-state index contributed by atoms with van der Waals surface area (Å²) in [5.41, 5.74) is 2.46. The predicted molar refractivity (Wildman–Crippen MR) is 96.4 cm³/mol. The average molecular weight is 354 g/mol. The molecule has 1 atom stereocenters. The van der Waals surface area contributed by atoms with Gasteiger partial charge in [-0.2, -0.15) is 5.10 Å². The molecule has 0 bridgehead atoms. The third-order valence-electron chi connectivity index (χ3n) is 4.17. The molecule has 0 fully saturated rings. The first-order valence-electron chi connectivity index (χ1n) is 7.98. The van der Waals surface area contributed by atoms with Crippen LogP contribution in [0, 0.1) is 17.0 Å². The summed E-state index contributed by atoms with van der Waals surface area (Å²) in [6.07, 6.45) is 0. The summed E-state index contributed by atoms with van der Waals surface area (Å²) in [4.78, 5) is 23.1. The van der Waals surface area contributed by atoms with Crippen molar-refractivity contribution in [3.05, 3.63) is 63.3 Å². The number of methoxy groups -OCH3 is 1. The molecule has 1 unspecified atom stereocenters. The molecule has 2 aromatic carbocycles. The lowest BCUT2D eigenvalue weighted by Gasteiger charge is -2.17. The van der Waals surface area contributed by atoms with Crippen molar-refractivity contribution in [2.24, 2.45) is 0 Å². The van der Waals surface area contributed by atoms with Gasteiger partial charge in [-0.3, -0.25) is 20.0 Å². The highest BCUT2D eigenvalue weighted by Gasteiger charge is 2.20. The van der Waals surface area contributed by atoms with Gasteiger partial charge in [0.05, 0.1) is 23.6 Å². The van der Waals surface area contributed by atoms with Gasteiger partial charge in [-0.05, 0) is 26.0 Å². The zero-order valence-electron chi connectivity index (χ0n) is 14.6. The fourth-order valence-electron chi connectivity index (χ4n) is 2.82. The van der Waals surface area contributed by atoms with Gasteiger partial charge in [0.25, 0.3) is 11.6 Å². The number of rotatable bonds is 5. The SMILES string of the molecule is COc1ccc(C)cc1C(C)NC(=O)c1n[nH]c2ccc([N+](=O)[O-])cc12. The number of nitrogens with zero attached hydrogens (tertiary/aromatic N) is 2. The number of hydrogen-bond donors (Lipinski definition) is 2. The summed E-state index contributed by atoms with van der Waals surface area (Å²) in [6.45, 7) is 3.80. The lowest BCUT2D eigenvalue weighted by Crippen LogP contribution is -2.27. The second-order valence-electron chi connectivity index (χ2n) is 6.00. The van der Waals surface area contributed by atoms with E-state index < -0.39 is 10.8 Å². The minimum atomic E-state index is -0.506. The van der Waals surface area contributed by atoms with Gasteiger partial charge in [-0.25, -0.2) is 0 Å². The van der Waals surface area contributed by atoms with Gasteiger partial charge in [0, 0.05) is 23.1 Å². The Labute approximate surface area is 149 Å². The molecular weight excluding hydrogens is 336 g/mol. The molecule has 26 heavy (non-hydrogen) atoms. The number of fused-ring (bicyclic) bond motifs is 1. The van der Waals surface area contributed by atoms with Crippen molar-refractivity contribution in [2.75, 3.05) is 7.11 Å². The number of nitro benzene ring substituents is 1. The topological polar surface area (TPSA) is 110 Å². The second kappa shape index (κ2) is 6.83. The number of benzene rings is 2. The molecule has 0 saturated heterocycles. The number of ether oxygens (including phenoxy) is 1. The van der Waals surface area contributed by atoms with Crippen LogP contribution in [0.15, 0.2) is 36.4 Å². The molecule has 2 N–H and O–H groups in total. The van der Waals surface area contributed by atoms with E-state index in [2.05, 4.69) is 15.5 Å². The van der Waals surface area contributed by atoms with Crippen LogP contribution >= 0.6 is 0 Å². The van der Waals surface area contributed by atoms with E-state index in [0.29, 0.717) is 16.7 Å². The van der Waals surface area contributed by atoms with E-state index in [1.165, 1.54) is 18.2 Å². The largest absolute Gasteiger partial charge is 0.496 e. The van der Waals surface area contributed by atoms with Crippen LogP contribution < -0.4 is 10.1 Å². The Bertz CT molecular complexity index is 996. The Morgan fingerprint density at radius 2 is 2.08 bits per heavy atom. The molecule has 0 spiro atoms. The third kappa shape index (κ3) is 3.21. The number of amides is 1. The molecule has 0 aliphatic heterocycles. The summed E-state index contributed by atoms with van der Waals surface area (Å²) in [5, 5.41) is 21.0. The van der Waals surface area contributed by atoms with E-state index in [4.69, 9.17) is 4.74 Å². The first-order valence-corrected chi connectivity index (χ1v) is 7.98. The van der Waals surface area contributed by atoms with Gasteiger partial charge in [-0.15, -0.1) is 0 Å². The van der Waals surface area contributed by atoms with Gasteiger partial charge in [0.2, 0.25) is 0 Å². The van der Waals surface area contributed by atoms with Gasteiger partial charge in [0.1, 0.15) is 5.75 Å². The predicted octanol–water partition coefficient (Wildman–Crippen LogP) is 3.28. The fourth-order valence-corrected chi connectivity index (χ4v) is 2.82. The van der Waals surface area contributed by atoms with E-state index in [0.717, 1.165) is 11.1 Å². The Hall–Kier alpha value is -3.42. The summed E-state index contributed by atoms with van der Waals surface area (Å²) in [5.74, 6) is 0.249. The maximum absolute atomic E-state index is 12.7. The number of carbonyl (C=O) groups is 1. The summed E-state index contributed by atoms with van der Waals surface area (Å²) in [6, 6.07) is 9.62. The monoisotopic (exact) mass is 354 g/mol. The zero-order chi connectivity index (χ0) is 18.8. The van der Waals surface area contributed by atoms with E-state index in [1.807, 2.05) is 32.0 Å². The van der Waals surface area contributed by atoms with Crippen molar-refractivity contribution in [3.8, 4) is 5.75 Å². The molecule has 8 heteroatoms. The number of nitrogens with one attached hydrogen (secondary N) is 2. The van der Waals surface area contributed by atoms with Crippen molar-refractivity contribution in [2.45, 2.75) is 19.9 Å². The maximum Gasteiger partial charge on any atom is 0.272 e. The van der Waals surface area contributed by atoms with Crippen molar-refractivity contribution in [1.29, 1.82) is 0 Å². The highest BCUT2D eigenvalue weighted by Crippen LogP contribution is 2.27. The molecule has 0 saturated carbocycles. The first kappa shape index (κ1) is 17.4. The molecule has 0 aliphatic rings. The molecule has 0 aliphatic carbocycles. The van der Waals surface area contributed by atoms with Gasteiger partial charge in [0.15, 0.2) is 5.69 Å². The van der Waals surface area contributed by atoms with Crippen molar-refractivity contribution >= 4 is 22.5 Å². The Kier molecular flexibility index (Phi) is 4.57. The molecule has 1 heterocycles. The number of H-pyrrole nitrogens is 1. The summed E-state index contributed by atoms with van der Waals surface area (Å²) >= 11 is 0. The molecular formula is C18H18N4O4. The second-order valence-corrected chi connectivity index (χ2v) is 6.00. The van der Waals surface area contributed by atoms with E-state index >= 15 is 0 Å². The molecule has 0 radical (unpaired) electrons. The van der Waals surface area contributed by atoms with Crippen LogP contribution in [-0.4, -0.2) is 28.1 Å². The molecule has 1 amide bonds. The number of aromatic nitrogens is 2. The van der Waals surface area contributed by atoms with E-state index in [1.54, 1.807) is 7.11 Å². The lowest BCUT2D eigenvalue weighted by atomic mass is 10.0. The smallest absolute Gasteiger partial charge is 0.272 e. The van der Waals surface area contributed by atoms with E-state index in [9.17, 15) is 14.9 Å². The van der Waals surface area contributed by atoms with Crippen molar-refractivity contribution in [1.82, 2.24) is 15.5 Å². The van der Waals surface area contributed by atoms with Crippen LogP contribution in [0.25, 0.3) is 10.9 Å². The lowest BCUT2D eigenvalue weighted by molar-refractivity contribution is -0.384. The Morgan fingerprint density at radius 3 is 2.77 bits per heavy atom.